The Balaban J connectivity index is 1.43. The highest BCUT2D eigenvalue weighted by molar-refractivity contribution is 5.81. The van der Waals surface area contributed by atoms with Gasteiger partial charge in [-0.05, 0) is 6.42 Å². The molecule has 0 aromatic carbocycles. The van der Waals surface area contributed by atoms with E-state index < -0.39 is 36.6 Å². The van der Waals surface area contributed by atoms with Crippen LogP contribution >= 0.6 is 0 Å². The first-order valence-electron chi connectivity index (χ1n) is 8.60. The van der Waals surface area contributed by atoms with Gasteiger partial charge in [-0.1, -0.05) is 0 Å². The molecular weight excluding hydrogens is 358 g/mol. The molecular formula is C15H21N7O5. The first-order chi connectivity index (χ1) is 13.0. The maximum absolute atomic E-state index is 11.0. The maximum Gasteiger partial charge on any atom is 0.320 e. The fourth-order valence-electron chi connectivity index (χ4n) is 3.55. The second kappa shape index (κ2) is 6.98. The number of nitrogen functional groups attached to an aromatic ring is 1. The summed E-state index contributed by atoms with van der Waals surface area (Å²) in [6, 6.07) is -0.641. The third kappa shape index (κ3) is 3.21. The third-order valence-electron chi connectivity index (χ3n) is 5.04. The Morgan fingerprint density at radius 2 is 2.19 bits per heavy atom. The standard InChI is InChI=1S/C15H21N7O5/c16-12-9-13(20-4-19-12)22(5-21-9)14-11(24)10(23)8(27-14)3-17-6-1-7(15(25)26)18-2-6/h4-8,10-11,14,17-18,23-24H,1-3H2,(H,25,26)(H2,16,19,20)/t6-,7+,8-,10-,11-,14-/m1/s1. The molecule has 0 bridgehead atoms. The van der Waals surface area contributed by atoms with Gasteiger partial charge in [0.25, 0.3) is 0 Å². The quantitative estimate of drug-likeness (QED) is 0.321. The zero-order chi connectivity index (χ0) is 19.1. The van der Waals surface area contributed by atoms with Gasteiger partial charge in [-0.3, -0.25) is 9.36 Å². The lowest BCUT2D eigenvalue weighted by atomic mass is 10.1. The molecule has 27 heavy (non-hydrogen) atoms. The molecule has 2 fully saturated rings. The average molecular weight is 379 g/mol. The van der Waals surface area contributed by atoms with Gasteiger partial charge in [-0.25, -0.2) is 15.0 Å². The fraction of sp³-hybridized carbons (Fsp3) is 0.600. The summed E-state index contributed by atoms with van der Waals surface area (Å²) in [4.78, 5) is 23.1. The zero-order valence-electron chi connectivity index (χ0n) is 14.3. The minimum absolute atomic E-state index is 0.0558. The highest BCUT2D eigenvalue weighted by Gasteiger charge is 2.44. The Kier molecular flexibility index (Phi) is 4.65. The zero-order valence-corrected chi connectivity index (χ0v) is 14.3. The van der Waals surface area contributed by atoms with Crippen LogP contribution in [0.1, 0.15) is 12.6 Å². The van der Waals surface area contributed by atoms with Crippen LogP contribution in [0.3, 0.4) is 0 Å². The van der Waals surface area contributed by atoms with Crippen LogP contribution in [0.25, 0.3) is 11.2 Å². The molecule has 0 aliphatic carbocycles. The first-order valence-corrected chi connectivity index (χ1v) is 8.60. The highest BCUT2D eigenvalue weighted by atomic mass is 16.6. The van der Waals surface area contributed by atoms with Gasteiger partial charge in [-0.15, -0.1) is 0 Å². The fourth-order valence-corrected chi connectivity index (χ4v) is 3.55. The normalized spacial score (nSPS) is 33.7. The van der Waals surface area contributed by atoms with Crippen molar-refractivity contribution >= 4 is 23.0 Å². The molecule has 4 heterocycles. The lowest BCUT2D eigenvalue weighted by Crippen LogP contribution is -2.42. The Bertz CT molecular complexity index is 845. The van der Waals surface area contributed by atoms with Crippen molar-refractivity contribution in [1.82, 2.24) is 30.2 Å². The number of ether oxygens (including phenoxy) is 1. The van der Waals surface area contributed by atoms with Gasteiger partial charge < -0.3 is 36.4 Å². The van der Waals surface area contributed by atoms with E-state index in [1.54, 1.807) is 0 Å². The van der Waals surface area contributed by atoms with Crippen molar-refractivity contribution in [3.63, 3.8) is 0 Å². The molecule has 2 aliphatic rings. The third-order valence-corrected chi connectivity index (χ3v) is 5.04. The van der Waals surface area contributed by atoms with Crippen molar-refractivity contribution in [1.29, 1.82) is 0 Å². The van der Waals surface area contributed by atoms with E-state index in [4.69, 9.17) is 15.6 Å². The van der Waals surface area contributed by atoms with Gasteiger partial charge in [-0.2, -0.15) is 0 Å². The number of aliphatic carboxylic acids is 1. The SMILES string of the molecule is Nc1ncnc2c1ncn2[C@@H]1O[C@H](CN[C@H]2CN[C@H](C(=O)O)C2)[C@@H](O)[C@H]1O. The van der Waals surface area contributed by atoms with Crippen LogP contribution < -0.4 is 16.4 Å². The van der Waals surface area contributed by atoms with E-state index in [0.717, 1.165) is 0 Å². The summed E-state index contributed by atoms with van der Waals surface area (Å²) >= 11 is 0. The van der Waals surface area contributed by atoms with Crippen LogP contribution in [0.2, 0.25) is 0 Å². The van der Waals surface area contributed by atoms with Gasteiger partial charge in [0.15, 0.2) is 17.7 Å². The number of hydrogen-bond donors (Lipinski definition) is 6. The number of imidazole rings is 1. The molecule has 4 rings (SSSR count). The minimum atomic E-state index is -1.18. The predicted octanol–water partition coefficient (Wildman–Crippen LogP) is -2.57. The summed E-state index contributed by atoms with van der Waals surface area (Å²) in [5.41, 5.74) is 6.56. The van der Waals surface area contributed by atoms with Crippen LogP contribution in [-0.2, 0) is 9.53 Å². The number of aliphatic hydroxyl groups is 2. The Morgan fingerprint density at radius 1 is 1.37 bits per heavy atom. The average Bonchev–Trinajstić information content (AvgIpc) is 3.34. The van der Waals surface area contributed by atoms with Crippen LogP contribution in [0.15, 0.2) is 12.7 Å². The number of rotatable bonds is 5. The summed E-state index contributed by atoms with van der Waals surface area (Å²) in [5, 5.41) is 35.9. The van der Waals surface area contributed by atoms with E-state index in [1.807, 2.05) is 0 Å². The summed E-state index contributed by atoms with van der Waals surface area (Å²) in [5.74, 6) is -0.674. The van der Waals surface area contributed by atoms with Crippen LogP contribution in [0.5, 0.6) is 0 Å². The molecule has 146 valence electrons. The number of carboxylic acids is 1. The van der Waals surface area contributed by atoms with Gasteiger partial charge in [0, 0.05) is 19.1 Å². The highest BCUT2D eigenvalue weighted by Crippen LogP contribution is 2.31. The molecule has 2 aromatic rings. The lowest BCUT2D eigenvalue weighted by Gasteiger charge is -2.18. The summed E-state index contributed by atoms with van der Waals surface area (Å²) in [6.07, 6.45) is -0.692. The summed E-state index contributed by atoms with van der Waals surface area (Å²) < 4.78 is 7.35. The number of anilines is 1. The Hall–Kier alpha value is -2.38. The molecule has 2 aliphatic heterocycles. The van der Waals surface area contributed by atoms with Gasteiger partial charge in [0.1, 0.15) is 36.2 Å². The number of carbonyl (C=O) groups is 1. The number of hydrogen-bond acceptors (Lipinski definition) is 10. The molecule has 0 radical (unpaired) electrons. The van der Waals surface area contributed by atoms with Crippen molar-refractivity contribution in [2.45, 2.75) is 43.0 Å². The number of fused-ring (bicyclic) bond motifs is 1. The van der Waals surface area contributed by atoms with Crippen molar-refractivity contribution in [3.8, 4) is 0 Å². The second-order valence-electron chi connectivity index (χ2n) is 6.77. The lowest BCUT2D eigenvalue weighted by molar-refractivity contribution is -0.139. The Morgan fingerprint density at radius 3 is 2.93 bits per heavy atom. The number of nitrogens with zero attached hydrogens (tertiary/aromatic N) is 4. The monoisotopic (exact) mass is 379 g/mol. The topological polar surface area (TPSA) is 181 Å². The van der Waals surface area contributed by atoms with Crippen molar-refractivity contribution < 1.29 is 24.9 Å². The molecule has 6 atom stereocenters. The van der Waals surface area contributed by atoms with E-state index in [9.17, 15) is 15.0 Å². The molecule has 2 aromatic heterocycles. The van der Waals surface area contributed by atoms with E-state index in [-0.39, 0.29) is 18.4 Å². The van der Waals surface area contributed by atoms with Crippen molar-refractivity contribution in [2.24, 2.45) is 0 Å². The van der Waals surface area contributed by atoms with Crippen LogP contribution in [0.4, 0.5) is 5.82 Å². The van der Waals surface area contributed by atoms with E-state index in [0.29, 0.717) is 24.1 Å². The van der Waals surface area contributed by atoms with E-state index in [1.165, 1.54) is 17.2 Å². The maximum atomic E-state index is 11.0. The number of aromatic nitrogens is 4. The van der Waals surface area contributed by atoms with Crippen LogP contribution in [0, 0.1) is 0 Å². The van der Waals surface area contributed by atoms with Crippen LogP contribution in [-0.4, -0.2) is 84.3 Å². The van der Waals surface area contributed by atoms with Crippen molar-refractivity contribution in [2.75, 3.05) is 18.8 Å². The predicted molar refractivity (Wildman–Crippen MR) is 91.5 cm³/mol. The molecule has 0 amide bonds. The molecule has 0 saturated carbocycles. The minimum Gasteiger partial charge on any atom is -0.480 e. The molecule has 2 saturated heterocycles. The van der Waals surface area contributed by atoms with Gasteiger partial charge >= 0.3 is 5.97 Å². The molecule has 12 nitrogen and oxygen atoms in total. The van der Waals surface area contributed by atoms with Crippen molar-refractivity contribution in [3.05, 3.63) is 12.7 Å². The number of nitrogens with one attached hydrogen (secondary N) is 2. The van der Waals surface area contributed by atoms with Gasteiger partial charge in [0.05, 0.1) is 6.33 Å². The molecule has 0 unspecified atom stereocenters. The van der Waals surface area contributed by atoms with Gasteiger partial charge in [0.2, 0.25) is 0 Å². The summed E-state index contributed by atoms with van der Waals surface area (Å²) in [6.45, 7) is 0.769. The molecule has 12 heteroatoms. The number of aliphatic hydroxyl groups excluding tert-OH is 2. The molecule has 0 spiro atoms. The smallest absolute Gasteiger partial charge is 0.320 e. The number of carboxylic acid groups (broad SMARTS) is 1. The first kappa shape index (κ1) is 18.0. The molecule has 7 N–H and O–H groups in total. The summed E-state index contributed by atoms with van der Waals surface area (Å²) in [7, 11) is 0. The number of nitrogens with two attached hydrogens (primary N) is 1. The second-order valence-corrected chi connectivity index (χ2v) is 6.77. The largest absolute Gasteiger partial charge is 0.480 e. The Labute approximate surface area is 153 Å². The van der Waals surface area contributed by atoms with E-state index >= 15 is 0 Å². The van der Waals surface area contributed by atoms with E-state index in [2.05, 4.69) is 25.6 Å².